The predicted molar refractivity (Wildman–Crippen MR) is 135 cm³/mol. The van der Waals surface area contributed by atoms with E-state index >= 15 is 0 Å². The molecule has 0 radical (unpaired) electrons. The molecule has 1 saturated heterocycles. The third-order valence-electron chi connectivity index (χ3n) is 5.51. The maximum atomic E-state index is 12.9. The molecule has 1 aliphatic rings. The van der Waals surface area contributed by atoms with E-state index in [1.165, 1.54) is 6.08 Å². The Hall–Kier alpha value is -2.26. The van der Waals surface area contributed by atoms with Crippen molar-refractivity contribution in [2.75, 3.05) is 19.8 Å². The SMILES string of the molecule is CC(C)COC(C)ONC(=O)/C=C/c1ccc(CN[C@](C)(CC(C)C)C(=O)O[C@@H]2CCOC2)cc1. The van der Waals surface area contributed by atoms with E-state index in [1.807, 2.05) is 45.0 Å². The third kappa shape index (κ3) is 10.9. The van der Waals surface area contributed by atoms with Gasteiger partial charge in [0, 0.05) is 19.0 Å². The van der Waals surface area contributed by atoms with E-state index in [1.54, 1.807) is 13.0 Å². The smallest absolute Gasteiger partial charge is 0.326 e. The molecule has 196 valence electrons. The number of benzene rings is 1. The van der Waals surface area contributed by atoms with Crippen molar-refractivity contribution in [3.05, 3.63) is 41.5 Å². The highest BCUT2D eigenvalue weighted by molar-refractivity contribution is 5.90. The second-order valence-electron chi connectivity index (χ2n) is 10.1. The second-order valence-corrected chi connectivity index (χ2v) is 10.1. The van der Waals surface area contributed by atoms with Crippen LogP contribution in [0.4, 0.5) is 0 Å². The topological polar surface area (TPSA) is 95.1 Å². The lowest BCUT2D eigenvalue weighted by Crippen LogP contribution is -2.52. The normalized spacial score (nSPS) is 18.7. The van der Waals surface area contributed by atoms with Crippen molar-refractivity contribution in [1.82, 2.24) is 10.8 Å². The van der Waals surface area contributed by atoms with Gasteiger partial charge in [-0.15, -0.1) is 0 Å². The second kappa shape index (κ2) is 14.3. The minimum Gasteiger partial charge on any atom is -0.458 e. The molecule has 2 rings (SSSR count). The first-order chi connectivity index (χ1) is 16.6. The number of esters is 1. The molecule has 2 N–H and O–H groups in total. The lowest BCUT2D eigenvalue weighted by atomic mass is 9.90. The maximum absolute atomic E-state index is 12.9. The van der Waals surface area contributed by atoms with Gasteiger partial charge in [0.2, 0.25) is 0 Å². The van der Waals surface area contributed by atoms with Crippen LogP contribution in [0.1, 0.15) is 65.5 Å². The van der Waals surface area contributed by atoms with E-state index in [9.17, 15) is 9.59 Å². The summed E-state index contributed by atoms with van der Waals surface area (Å²) in [5, 5.41) is 3.41. The van der Waals surface area contributed by atoms with Gasteiger partial charge in [0.25, 0.3) is 5.91 Å². The summed E-state index contributed by atoms with van der Waals surface area (Å²) in [7, 11) is 0. The van der Waals surface area contributed by atoms with Crippen LogP contribution < -0.4 is 10.8 Å². The summed E-state index contributed by atoms with van der Waals surface area (Å²) in [6, 6.07) is 7.78. The van der Waals surface area contributed by atoms with Crippen LogP contribution in [0.5, 0.6) is 0 Å². The number of rotatable bonds is 14. The fourth-order valence-electron chi connectivity index (χ4n) is 3.68. The van der Waals surface area contributed by atoms with E-state index < -0.39 is 11.8 Å². The first-order valence-corrected chi connectivity index (χ1v) is 12.5. The monoisotopic (exact) mass is 490 g/mol. The molecule has 1 aromatic rings. The van der Waals surface area contributed by atoms with Crippen LogP contribution in [0.15, 0.2) is 30.3 Å². The lowest BCUT2D eigenvalue weighted by Gasteiger charge is -2.31. The highest BCUT2D eigenvalue weighted by atomic mass is 16.8. The number of hydrogen-bond acceptors (Lipinski definition) is 7. The van der Waals surface area contributed by atoms with E-state index in [0.29, 0.717) is 44.6 Å². The van der Waals surface area contributed by atoms with Crippen LogP contribution in [0.25, 0.3) is 6.08 Å². The Labute approximate surface area is 209 Å². The van der Waals surface area contributed by atoms with E-state index in [4.69, 9.17) is 19.0 Å². The van der Waals surface area contributed by atoms with Gasteiger partial charge in [-0.1, -0.05) is 52.0 Å². The van der Waals surface area contributed by atoms with Crippen LogP contribution in [-0.4, -0.2) is 49.6 Å². The number of hydroxylamine groups is 1. The minimum absolute atomic E-state index is 0.166. The fourth-order valence-corrected chi connectivity index (χ4v) is 3.68. The number of amides is 1. The van der Waals surface area contributed by atoms with Crippen LogP contribution in [0, 0.1) is 11.8 Å². The Bertz CT molecular complexity index is 817. The summed E-state index contributed by atoms with van der Waals surface area (Å²) in [6.45, 7) is 14.1. The van der Waals surface area contributed by atoms with Crippen molar-refractivity contribution < 1.29 is 28.6 Å². The van der Waals surface area contributed by atoms with Crippen LogP contribution in [-0.2, 0) is 35.2 Å². The van der Waals surface area contributed by atoms with Gasteiger partial charge in [0.15, 0.2) is 6.29 Å². The van der Waals surface area contributed by atoms with Gasteiger partial charge in [0.1, 0.15) is 11.6 Å². The summed E-state index contributed by atoms with van der Waals surface area (Å²) in [5.74, 6) is 0.108. The molecule has 8 nitrogen and oxygen atoms in total. The molecule has 3 atom stereocenters. The summed E-state index contributed by atoms with van der Waals surface area (Å²) >= 11 is 0. The number of ether oxygens (including phenoxy) is 3. The van der Waals surface area contributed by atoms with Crippen molar-refractivity contribution in [2.24, 2.45) is 11.8 Å². The zero-order valence-electron chi connectivity index (χ0n) is 22.0. The molecule has 35 heavy (non-hydrogen) atoms. The van der Waals surface area contributed by atoms with Gasteiger partial charge >= 0.3 is 5.97 Å². The zero-order chi connectivity index (χ0) is 25.8. The van der Waals surface area contributed by atoms with Gasteiger partial charge in [0.05, 0.1) is 19.8 Å². The molecule has 0 aromatic heterocycles. The molecule has 0 saturated carbocycles. The number of carbonyl (C=O) groups is 2. The first kappa shape index (κ1) is 29.0. The number of hydrogen-bond donors (Lipinski definition) is 2. The minimum atomic E-state index is -0.788. The standard InChI is InChI=1S/C27H42N2O6/c1-19(2)15-27(6,26(31)34-24-13-14-32-18-24)28-16-23-9-7-22(8-10-23)11-12-25(30)29-35-21(5)33-17-20(3)4/h7-12,19-21,24,28H,13-18H2,1-6H3,(H,29,30)/b12-11+/t21?,24-,27-/m1/s1. The van der Waals surface area contributed by atoms with E-state index in [0.717, 1.165) is 17.5 Å². The number of nitrogens with one attached hydrogen (secondary N) is 2. The van der Waals surface area contributed by atoms with Gasteiger partial charge in [-0.2, -0.15) is 0 Å². The average Bonchev–Trinajstić information content (AvgIpc) is 3.32. The van der Waals surface area contributed by atoms with Gasteiger partial charge < -0.3 is 14.2 Å². The molecule has 0 bridgehead atoms. The molecular formula is C27H42N2O6. The Balaban J connectivity index is 1.85. The molecule has 0 aliphatic carbocycles. The van der Waals surface area contributed by atoms with Gasteiger partial charge in [-0.25, -0.2) is 10.3 Å². The summed E-state index contributed by atoms with van der Waals surface area (Å²) < 4.78 is 16.5. The third-order valence-corrected chi connectivity index (χ3v) is 5.51. The lowest BCUT2D eigenvalue weighted by molar-refractivity contribution is -0.180. The first-order valence-electron chi connectivity index (χ1n) is 12.5. The fraction of sp³-hybridized carbons (Fsp3) is 0.630. The molecule has 1 fully saturated rings. The molecule has 1 aromatic carbocycles. The number of carbonyl (C=O) groups excluding carboxylic acids is 2. The average molecular weight is 491 g/mol. The summed E-state index contributed by atoms with van der Waals surface area (Å²) in [6.07, 6.45) is 3.84. The van der Waals surface area contributed by atoms with Gasteiger partial charge in [-0.3, -0.25) is 14.9 Å². The van der Waals surface area contributed by atoms with Crippen LogP contribution >= 0.6 is 0 Å². The molecule has 8 heteroatoms. The van der Waals surface area contributed by atoms with Crippen LogP contribution in [0.2, 0.25) is 0 Å². The Kier molecular flexibility index (Phi) is 11.9. The highest BCUT2D eigenvalue weighted by Gasteiger charge is 2.37. The van der Waals surface area contributed by atoms with E-state index in [-0.39, 0.29) is 18.0 Å². The van der Waals surface area contributed by atoms with Crippen molar-refractivity contribution in [1.29, 1.82) is 0 Å². The summed E-state index contributed by atoms with van der Waals surface area (Å²) in [4.78, 5) is 30.1. The van der Waals surface area contributed by atoms with Crippen molar-refractivity contribution in [3.63, 3.8) is 0 Å². The quantitative estimate of drug-likeness (QED) is 0.176. The van der Waals surface area contributed by atoms with E-state index in [2.05, 4.69) is 24.6 Å². The van der Waals surface area contributed by atoms with Crippen LogP contribution in [0.3, 0.4) is 0 Å². The van der Waals surface area contributed by atoms with Crippen molar-refractivity contribution in [3.8, 4) is 0 Å². The molecular weight excluding hydrogens is 448 g/mol. The largest absolute Gasteiger partial charge is 0.458 e. The predicted octanol–water partition coefficient (Wildman–Crippen LogP) is 3.99. The van der Waals surface area contributed by atoms with Crippen molar-refractivity contribution >= 4 is 18.0 Å². The molecule has 1 amide bonds. The summed E-state index contributed by atoms with van der Waals surface area (Å²) in [5.41, 5.74) is 3.48. The Morgan fingerprint density at radius 3 is 2.46 bits per heavy atom. The maximum Gasteiger partial charge on any atom is 0.326 e. The Morgan fingerprint density at radius 1 is 1.14 bits per heavy atom. The molecule has 1 aliphatic heterocycles. The zero-order valence-corrected chi connectivity index (χ0v) is 22.0. The molecule has 0 spiro atoms. The highest BCUT2D eigenvalue weighted by Crippen LogP contribution is 2.22. The Morgan fingerprint density at radius 2 is 1.86 bits per heavy atom. The molecule has 1 unspecified atom stereocenters. The molecule has 1 heterocycles. The van der Waals surface area contributed by atoms with Crippen molar-refractivity contribution in [2.45, 2.75) is 78.9 Å². The van der Waals surface area contributed by atoms with Gasteiger partial charge in [-0.05, 0) is 49.3 Å².